The first-order valence-corrected chi connectivity index (χ1v) is 9.28. The lowest BCUT2D eigenvalue weighted by molar-refractivity contribution is 0.209. The highest BCUT2D eigenvalue weighted by Crippen LogP contribution is 2.30. The third-order valence-corrected chi connectivity index (χ3v) is 5.12. The van der Waals surface area contributed by atoms with Crippen LogP contribution < -0.4 is 14.8 Å². The lowest BCUT2D eigenvalue weighted by Crippen LogP contribution is -2.37. The zero-order valence-corrected chi connectivity index (χ0v) is 15.4. The van der Waals surface area contributed by atoms with Crippen LogP contribution in [0.3, 0.4) is 0 Å². The van der Waals surface area contributed by atoms with Gasteiger partial charge < -0.3 is 19.7 Å². The van der Waals surface area contributed by atoms with E-state index in [0.717, 1.165) is 35.6 Å². The molecule has 1 aliphatic heterocycles. The quantitative estimate of drug-likeness (QED) is 0.889. The molecule has 2 heterocycles. The van der Waals surface area contributed by atoms with Crippen molar-refractivity contribution in [3.05, 3.63) is 39.8 Å². The molecule has 1 aromatic carbocycles. The summed E-state index contributed by atoms with van der Waals surface area (Å²) in [6, 6.07) is 5.70. The molecular weight excluding hydrogens is 338 g/mol. The van der Waals surface area contributed by atoms with E-state index in [1.54, 1.807) is 23.3 Å². The summed E-state index contributed by atoms with van der Waals surface area (Å²) in [6.07, 6.45) is 1.70. The smallest absolute Gasteiger partial charge is 0.317 e. The minimum absolute atomic E-state index is 0.0886. The fourth-order valence-electron chi connectivity index (χ4n) is 2.57. The molecule has 1 N–H and O–H groups in total. The molecule has 25 heavy (non-hydrogen) atoms. The monoisotopic (exact) mass is 361 g/mol. The van der Waals surface area contributed by atoms with Gasteiger partial charge in [-0.15, -0.1) is 11.3 Å². The van der Waals surface area contributed by atoms with E-state index < -0.39 is 0 Å². The Bertz CT molecular complexity index is 732. The van der Waals surface area contributed by atoms with Gasteiger partial charge in [-0.05, 0) is 24.6 Å². The highest BCUT2D eigenvalue weighted by atomic mass is 32.1. The Balaban J connectivity index is 1.50. The van der Waals surface area contributed by atoms with Crippen LogP contribution >= 0.6 is 11.3 Å². The number of aryl methyl sites for hydroxylation is 1. The van der Waals surface area contributed by atoms with Crippen LogP contribution in [0.5, 0.6) is 11.5 Å². The summed E-state index contributed by atoms with van der Waals surface area (Å²) in [7, 11) is 1.81. The second kappa shape index (κ2) is 8.20. The highest BCUT2D eigenvalue weighted by Gasteiger charge is 2.13. The van der Waals surface area contributed by atoms with Crippen LogP contribution in [0.2, 0.25) is 0 Å². The number of likely N-dealkylation sites (N-methyl/N-ethyl adjacent to an activating group) is 1. The lowest BCUT2D eigenvalue weighted by Gasteiger charge is -2.18. The van der Waals surface area contributed by atoms with Crippen molar-refractivity contribution < 1.29 is 14.3 Å². The van der Waals surface area contributed by atoms with Crippen LogP contribution in [0.25, 0.3) is 0 Å². The Hall–Kier alpha value is -2.28. The number of ether oxygens (including phenoxy) is 2. The number of amides is 2. The fraction of sp³-hybridized carbons (Fsp3) is 0.444. The largest absolute Gasteiger partial charge is 0.490 e. The van der Waals surface area contributed by atoms with Gasteiger partial charge in [0.2, 0.25) is 0 Å². The molecule has 1 aromatic heterocycles. The van der Waals surface area contributed by atoms with Gasteiger partial charge in [0.05, 0.1) is 24.4 Å². The summed E-state index contributed by atoms with van der Waals surface area (Å²) < 4.78 is 11.3. The van der Waals surface area contributed by atoms with Crippen LogP contribution in [0.4, 0.5) is 4.79 Å². The topological polar surface area (TPSA) is 63.7 Å². The van der Waals surface area contributed by atoms with E-state index in [0.29, 0.717) is 26.3 Å². The van der Waals surface area contributed by atoms with Crippen LogP contribution in [0.15, 0.2) is 23.7 Å². The SMILES string of the molecule is Cc1ncsc1CCN(C)C(=O)NCc1ccc2c(c1)OCCCO2. The normalized spacial score (nSPS) is 13.2. The average Bonchev–Trinajstić information content (AvgIpc) is 2.89. The Morgan fingerprint density at radius 2 is 2.12 bits per heavy atom. The van der Waals surface area contributed by atoms with Crippen molar-refractivity contribution in [3.63, 3.8) is 0 Å². The Morgan fingerprint density at radius 1 is 1.32 bits per heavy atom. The van der Waals surface area contributed by atoms with E-state index in [1.807, 2.05) is 30.6 Å². The molecule has 2 amide bonds. The zero-order chi connectivity index (χ0) is 17.6. The van der Waals surface area contributed by atoms with Crippen LogP contribution in [0, 0.1) is 6.92 Å². The minimum atomic E-state index is -0.0886. The number of rotatable bonds is 5. The molecule has 134 valence electrons. The first kappa shape index (κ1) is 17.5. The molecule has 0 fully saturated rings. The second-order valence-corrected chi connectivity index (χ2v) is 6.96. The summed E-state index contributed by atoms with van der Waals surface area (Å²) in [5.74, 6) is 1.52. The van der Waals surface area contributed by atoms with Crippen molar-refractivity contribution in [2.45, 2.75) is 26.3 Å². The lowest BCUT2D eigenvalue weighted by atomic mass is 10.2. The standard InChI is InChI=1S/C18H23N3O3S/c1-13-17(25-12-20-13)6-7-21(2)18(22)19-11-14-4-5-15-16(10-14)24-9-3-8-23-15/h4-5,10,12H,3,6-9,11H2,1-2H3,(H,19,22). The molecule has 1 aliphatic rings. The fourth-order valence-corrected chi connectivity index (χ4v) is 3.34. The molecule has 0 spiro atoms. The molecule has 0 bridgehead atoms. The highest BCUT2D eigenvalue weighted by molar-refractivity contribution is 7.09. The average molecular weight is 361 g/mol. The summed E-state index contributed by atoms with van der Waals surface area (Å²) in [5.41, 5.74) is 3.88. The van der Waals surface area contributed by atoms with Crippen molar-refractivity contribution in [1.29, 1.82) is 0 Å². The van der Waals surface area contributed by atoms with Gasteiger partial charge in [-0.1, -0.05) is 6.07 Å². The molecular formula is C18H23N3O3S. The number of carbonyl (C=O) groups excluding carboxylic acids is 1. The van der Waals surface area contributed by atoms with E-state index in [2.05, 4.69) is 10.3 Å². The van der Waals surface area contributed by atoms with Crippen LogP contribution in [0.1, 0.15) is 22.6 Å². The Morgan fingerprint density at radius 3 is 2.88 bits per heavy atom. The first-order chi connectivity index (χ1) is 12.1. The molecule has 0 aliphatic carbocycles. The summed E-state index contributed by atoms with van der Waals surface area (Å²) >= 11 is 1.63. The molecule has 0 atom stereocenters. The number of urea groups is 1. The van der Waals surface area contributed by atoms with Crippen molar-refractivity contribution in [1.82, 2.24) is 15.2 Å². The number of aromatic nitrogens is 1. The molecule has 0 saturated carbocycles. The van der Waals surface area contributed by atoms with Crippen LogP contribution in [-0.4, -0.2) is 42.7 Å². The summed E-state index contributed by atoms with van der Waals surface area (Å²) in [6.45, 7) is 4.45. The maximum atomic E-state index is 12.3. The minimum Gasteiger partial charge on any atom is -0.490 e. The van der Waals surface area contributed by atoms with Crippen molar-refractivity contribution in [2.75, 3.05) is 26.8 Å². The second-order valence-electron chi connectivity index (χ2n) is 6.02. The van der Waals surface area contributed by atoms with Gasteiger partial charge in [0.25, 0.3) is 0 Å². The van der Waals surface area contributed by atoms with E-state index in [1.165, 1.54) is 4.88 Å². The van der Waals surface area contributed by atoms with Gasteiger partial charge in [0.15, 0.2) is 11.5 Å². The number of nitrogens with one attached hydrogen (secondary N) is 1. The van der Waals surface area contributed by atoms with Gasteiger partial charge in [0, 0.05) is 37.9 Å². The maximum absolute atomic E-state index is 12.3. The number of carbonyl (C=O) groups is 1. The van der Waals surface area contributed by atoms with Gasteiger partial charge >= 0.3 is 6.03 Å². The van der Waals surface area contributed by atoms with Gasteiger partial charge in [-0.25, -0.2) is 9.78 Å². The molecule has 0 saturated heterocycles. The number of fused-ring (bicyclic) bond motifs is 1. The van der Waals surface area contributed by atoms with Gasteiger partial charge in [-0.3, -0.25) is 0 Å². The van der Waals surface area contributed by atoms with Crippen molar-refractivity contribution in [2.24, 2.45) is 0 Å². The number of benzene rings is 1. The first-order valence-electron chi connectivity index (χ1n) is 8.40. The molecule has 0 radical (unpaired) electrons. The van der Waals surface area contributed by atoms with Gasteiger partial charge in [0.1, 0.15) is 0 Å². The van der Waals surface area contributed by atoms with Crippen molar-refractivity contribution >= 4 is 17.4 Å². The number of thiazole rings is 1. The van der Waals surface area contributed by atoms with E-state index in [-0.39, 0.29) is 6.03 Å². The third kappa shape index (κ3) is 4.63. The molecule has 3 rings (SSSR count). The third-order valence-electron chi connectivity index (χ3n) is 4.12. The molecule has 7 heteroatoms. The van der Waals surface area contributed by atoms with E-state index in [9.17, 15) is 4.79 Å². The Kier molecular flexibility index (Phi) is 5.75. The summed E-state index contributed by atoms with van der Waals surface area (Å²) in [4.78, 5) is 19.4. The zero-order valence-electron chi connectivity index (χ0n) is 14.6. The molecule has 6 nitrogen and oxygen atoms in total. The van der Waals surface area contributed by atoms with Gasteiger partial charge in [-0.2, -0.15) is 0 Å². The molecule has 0 unspecified atom stereocenters. The summed E-state index contributed by atoms with van der Waals surface area (Å²) in [5, 5.41) is 2.94. The number of nitrogens with zero attached hydrogens (tertiary/aromatic N) is 2. The predicted molar refractivity (Wildman–Crippen MR) is 97.5 cm³/mol. The van der Waals surface area contributed by atoms with E-state index >= 15 is 0 Å². The van der Waals surface area contributed by atoms with Crippen LogP contribution in [-0.2, 0) is 13.0 Å². The number of hydrogen-bond donors (Lipinski definition) is 1. The number of hydrogen-bond acceptors (Lipinski definition) is 5. The maximum Gasteiger partial charge on any atom is 0.317 e. The molecule has 2 aromatic rings. The predicted octanol–water partition coefficient (Wildman–Crippen LogP) is 3.00. The Labute approximate surface area is 151 Å². The van der Waals surface area contributed by atoms with E-state index in [4.69, 9.17) is 9.47 Å². The van der Waals surface area contributed by atoms with Crippen molar-refractivity contribution in [3.8, 4) is 11.5 Å².